The third kappa shape index (κ3) is 5.96. The second kappa shape index (κ2) is 14.7. The van der Waals surface area contributed by atoms with Crippen LogP contribution in [0.1, 0.15) is 0 Å². The van der Waals surface area contributed by atoms with Crippen LogP contribution < -0.4 is 4.90 Å². The van der Waals surface area contributed by atoms with Crippen molar-refractivity contribution < 1.29 is 4.42 Å². The maximum Gasteiger partial charge on any atom is 0.205 e. The van der Waals surface area contributed by atoms with Gasteiger partial charge in [0, 0.05) is 79.4 Å². The quantitative estimate of drug-likeness (QED) is 0.154. The molecule has 12 rings (SSSR count). The Balaban J connectivity index is 1.04. The van der Waals surface area contributed by atoms with Gasteiger partial charge in [0.2, 0.25) is 5.88 Å². The third-order valence-electron chi connectivity index (χ3n) is 11.8. The van der Waals surface area contributed by atoms with Gasteiger partial charge >= 0.3 is 0 Å². The fourth-order valence-electron chi connectivity index (χ4n) is 9.03. The number of fused-ring (bicyclic) bond motifs is 6. The molecule has 292 valence electrons. The van der Waals surface area contributed by atoms with Crippen LogP contribution in [0.25, 0.3) is 88.8 Å². The number of pyridine rings is 2. The van der Waals surface area contributed by atoms with Gasteiger partial charge < -0.3 is 13.6 Å². The van der Waals surface area contributed by atoms with Gasteiger partial charge in [-0.1, -0.05) is 91.0 Å². The van der Waals surface area contributed by atoms with Crippen LogP contribution in [-0.4, -0.2) is 19.1 Å². The minimum atomic E-state index is 0.693. The first-order chi connectivity index (χ1) is 30.7. The zero-order valence-corrected chi connectivity index (χ0v) is 33.5. The van der Waals surface area contributed by atoms with Crippen LogP contribution >= 0.6 is 0 Å². The summed E-state index contributed by atoms with van der Waals surface area (Å²) in [6.07, 6.45) is 3.66. The highest BCUT2D eigenvalue weighted by Crippen LogP contribution is 2.43. The lowest BCUT2D eigenvalue weighted by Crippen LogP contribution is -2.09. The van der Waals surface area contributed by atoms with Crippen molar-refractivity contribution in [2.75, 3.05) is 4.90 Å². The molecule has 0 spiro atoms. The number of para-hydroxylation sites is 3. The molecule has 6 nitrogen and oxygen atoms in total. The van der Waals surface area contributed by atoms with Crippen LogP contribution in [-0.2, 0) is 0 Å². The molecule has 5 heterocycles. The number of nitrogens with zero attached hydrogens (tertiary/aromatic N) is 5. The van der Waals surface area contributed by atoms with E-state index in [2.05, 4.69) is 200 Å². The average Bonchev–Trinajstić information content (AvgIpc) is 4.05. The molecule has 0 aliphatic carbocycles. The fourth-order valence-corrected chi connectivity index (χ4v) is 9.03. The Kier molecular flexibility index (Phi) is 8.38. The van der Waals surface area contributed by atoms with E-state index in [1.807, 2.05) is 48.8 Å². The van der Waals surface area contributed by atoms with E-state index in [1.54, 1.807) is 0 Å². The van der Waals surface area contributed by atoms with Gasteiger partial charge in [0.05, 0.1) is 33.5 Å². The number of hydrogen-bond donors (Lipinski definition) is 0. The van der Waals surface area contributed by atoms with Gasteiger partial charge in [-0.15, -0.1) is 0 Å². The maximum absolute atomic E-state index is 6.95. The van der Waals surface area contributed by atoms with E-state index in [4.69, 9.17) is 4.42 Å². The molecule has 6 heteroatoms. The molecule has 0 N–H and O–H groups in total. The summed E-state index contributed by atoms with van der Waals surface area (Å²) in [6.45, 7) is 0. The van der Waals surface area contributed by atoms with Gasteiger partial charge in [0.25, 0.3) is 0 Å². The first-order valence-electron chi connectivity index (χ1n) is 20.8. The summed E-state index contributed by atoms with van der Waals surface area (Å²) in [5, 5.41) is 4.77. The maximum atomic E-state index is 6.95. The highest BCUT2D eigenvalue weighted by Gasteiger charge is 2.22. The molecule has 0 saturated heterocycles. The SMILES string of the molecule is c1ccc(-n2c3ccccc3c3cc4c5cc(-c6ccc(N(c7cccc(-c8ccccn8)c7)c7cccc(-c8ccccn8)c7)o6)ccc5n(-c5ccccc5)c4cc32)cc1. The zero-order chi connectivity index (χ0) is 41.0. The zero-order valence-electron chi connectivity index (χ0n) is 33.5. The largest absolute Gasteiger partial charge is 0.440 e. The molecule has 0 aliphatic heterocycles. The lowest BCUT2D eigenvalue weighted by molar-refractivity contribution is 0.588. The Bertz CT molecular complexity index is 3490. The molecule has 0 radical (unpaired) electrons. The molecule has 5 aromatic heterocycles. The Morgan fingerprint density at radius 1 is 0.355 bits per heavy atom. The molecule has 0 aliphatic rings. The van der Waals surface area contributed by atoms with Crippen molar-refractivity contribution >= 4 is 60.9 Å². The van der Waals surface area contributed by atoms with Crippen molar-refractivity contribution in [3.8, 4) is 45.2 Å². The van der Waals surface area contributed by atoms with Crippen LogP contribution in [0.4, 0.5) is 17.3 Å². The summed E-state index contributed by atoms with van der Waals surface area (Å²) < 4.78 is 11.7. The molecule has 12 aromatic rings. The van der Waals surface area contributed by atoms with E-state index < -0.39 is 0 Å². The number of benzene rings is 7. The molecule has 0 fully saturated rings. The average molecular weight is 796 g/mol. The van der Waals surface area contributed by atoms with Crippen molar-refractivity contribution in [3.05, 3.63) is 225 Å². The predicted octanol–water partition coefficient (Wildman–Crippen LogP) is 14.7. The number of aromatic nitrogens is 4. The molecule has 7 aromatic carbocycles. The number of anilines is 3. The van der Waals surface area contributed by atoms with E-state index in [1.165, 1.54) is 27.2 Å². The third-order valence-corrected chi connectivity index (χ3v) is 11.8. The highest BCUT2D eigenvalue weighted by atomic mass is 16.4. The molecule has 0 bridgehead atoms. The second-order valence-corrected chi connectivity index (χ2v) is 15.5. The first-order valence-corrected chi connectivity index (χ1v) is 20.8. The minimum Gasteiger partial charge on any atom is -0.440 e. The normalized spacial score (nSPS) is 11.5. The summed E-state index contributed by atoms with van der Waals surface area (Å²) in [5.41, 5.74) is 13.6. The molecular formula is C56H37N5O. The lowest BCUT2D eigenvalue weighted by atomic mass is 10.1. The van der Waals surface area contributed by atoms with Crippen molar-refractivity contribution in [1.82, 2.24) is 19.1 Å². The molecule has 0 saturated carbocycles. The second-order valence-electron chi connectivity index (χ2n) is 15.5. The number of rotatable bonds is 8. The van der Waals surface area contributed by atoms with E-state index in [-0.39, 0.29) is 0 Å². The Morgan fingerprint density at radius 2 is 0.903 bits per heavy atom. The monoisotopic (exact) mass is 795 g/mol. The van der Waals surface area contributed by atoms with Crippen LogP contribution in [0.2, 0.25) is 0 Å². The Morgan fingerprint density at radius 3 is 1.52 bits per heavy atom. The van der Waals surface area contributed by atoms with Crippen molar-refractivity contribution in [3.63, 3.8) is 0 Å². The van der Waals surface area contributed by atoms with Crippen LogP contribution in [0.3, 0.4) is 0 Å². The van der Waals surface area contributed by atoms with Gasteiger partial charge in [-0.25, -0.2) is 0 Å². The summed E-state index contributed by atoms with van der Waals surface area (Å²) >= 11 is 0. The molecule has 0 amide bonds. The Labute approximate surface area is 357 Å². The minimum absolute atomic E-state index is 0.693. The van der Waals surface area contributed by atoms with Gasteiger partial charge in [0.15, 0.2) is 0 Å². The molecule has 0 atom stereocenters. The summed E-state index contributed by atoms with van der Waals surface area (Å²) in [5.74, 6) is 1.47. The van der Waals surface area contributed by atoms with Crippen LogP contribution in [0.5, 0.6) is 0 Å². The summed E-state index contributed by atoms with van der Waals surface area (Å²) in [4.78, 5) is 11.5. The van der Waals surface area contributed by atoms with Gasteiger partial charge in [0.1, 0.15) is 5.76 Å². The molecular weight excluding hydrogens is 759 g/mol. The van der Waals surface area contributed by atoms with Gasteiger partial charge in [-0.2, -0.15) is 0 Å². The van der Waals surface area contributed by atoms with E-state index >= 15 is 0 Å². The number of hydrogen-bond acceptors (Lipinski definition) is 4. The standard InChI is InChI=1S/C56H37N5O/c1-3-17-41(18-4-1)60-51-26-8-7-23-45(51)47-36-48-46-35-40(27-28-52(46)61(54(48)37-53(47)60)42-19-5-2-6-20-42)55-29-30-56(62-55)59(43-21-13-15-38(33-43)49-24-9-11-31-57-49)44-22-14-16-39(34-44)50-25-10-12-32-58-50/h1-37H. The van der Waals surface area contributed by atoms with E-state index in [9.17, 15) is 0 Å². The lowest BCUT2D eigenvalue weighted by Gasteiger charge is -2.23. The van der Waals surface area contributed by atoms with Crippen molar-refractivity contribution in [2.24, 2.45) is 0 Å². The smallest absolute Gasteiger partial charge is 0.205 e. The predicted molar refractivity (Wildman–Crippen MR) is 254 cm³/mol. The van der Waals surface area contributed by atoms with Crippen molar-refractivity contribution in [2.45, 2.75) is 0 Å². The fraction of sp³-hybridized carbons (Fsp3) is 0. The highest BCUT2D eigenvalue weighted by molar-refractivity contribution is 6.19. The van der Waals surface area contributed by atoms with Gasteiger partial charge in [-0.3, -0.25) is 14.9 Å². The van der Waals surface area contributed by atoms with Crippen LogP contribution in [0, 0.1) is 0 Å². The first kappa shape index (κ1) is 35.5. The topological polar surface area (TPSA) is 52.0 Å². The summed E-state index contributed by atoms with van der Waals surface area (Å²) in [7, 11) is 0. The Hall–Kier alpha value is -8.48. The van der Waals surface area contributed by atoms with Crippen molar-refractivity contribution in [1.29, 1.82) is 0 Å². The molecule has 62 heavy (non-hydrogen) atoms. The summed E-state index contributed by atoms with van der Waals surface area (Å²) in [6, 6.07) is 74.5. The van der Waals surface area contributed by atoms with E-state index in [0.717, 1.165) is 73.0 Å². The molecule has 0 unspecified atom stereocenters. The number of furan rings is 1. The van der Waals surface area contributed by atoms with Gasteiger partial charge in [-0.05, 0) is 115 Å². The van der Waals surface area contributed by atoms with E-state index in [0.29, 0.717) is 5.88 Å². The van der Waals surface area contributed by atoms with Crippen LogP contribution in [0.15, 0.2) is 229 Å².